The lowest BCUT2D eigenvalue weighted by atomic mass is 10.1. The first-order valence-corrected chi connectivity index (χ1v) is 11.5. The van der Waals surface area contributed by atoms with Crippen molar-refractivity contribution in [2.45, 2.75) is 24.5 Å². The highest BCUT2D eigenvalue weighted by Crippen LogP contribution is 2.36. The highest BCUT2D eigenvalue weighted by molar-refractivity contribution is 7.92. The second-order valence-electron chi connectivity index (χ2n) is 7.27. The van der Waals surface area contributed by atoms with Gasteiger partial charge in [0.15, 0.2) is 6.10 Å². The van der Waals surface area contributed by atoms with Crippen molar-refractivity contribution in [1.82, 2.24) is 5.32 Å². The molecule has 160 valence electrons. The number of halogens is 1. The summed E-state index contributed by atoms with van der Waals surface area (Å²) in [6.07, 6.45) is -0.984. The van der Waals surface area contributed by atoms with Gasteiger partial charge in [-0.3, -0.25) is 9.10 Å². The third-order valence-corrected chi connectivity index (χ3v) is 7.06. The average Bonchev–Trinajstić information content (AvgIpc) is 2.78. The molecular weight excluding hydrogens is 436 g/mol. The van der Waals surface area contributed by atoms with Crippen LogP contribution in [-0.4, -0.2) is 27.0 Å². The Morgan fingerprint density at radius 1 is 1.06 bits per heavy atom. The number of carbonyl (C=O) groups is 1. The summed E-state index contributed by atoms with van der Waals surface area (Å²) in [7, 11) is -3.92. The Morgan fingerprint density at radius 2 is 1.74 bits per heavy atom. The van der Waals surface area contributed by atoms with Gasteiger partial charge < -0.3 is 10.1 Å². The Hall–Kier alpha value is -3.03. The summed E-state index contributed by atoms with van der Waals surface area (Å²) in [5.41, 5.74) is 2.46. The van der Waals surface area contributed by atoms with Crippen LogP contribution in [0.4, 0.5) is 5.69 Å². The molecule has 3 aromatic rings. The molecule has 1 amide bonds. The van der Waals surface area contributed by atoms with Crippen LogP contribution in [0.3, 0.4) is 0 Å². The zero-order valence-corrected chi connectivity index (χ0v) is 18.4. The van der Waals surface area contributed by atoms with Crippen molar-refractivity contribution in [3.8, 4) is 5.75 Å². The molecule has 1 aliphatic rings. The first kappa shape index (κ1) is 21.2. The molecule has 0 bridgehead atoms. The lowest BCUT2D eigenvalue weighted by Crippen LogP contribution is -2.50. The van der Waals surface area contributed by atoms with Crippen LogP contribution in [0.1, 0.15) is 11.1 Å². The number of sulfonamides is 1. The fourth-order valence-electron chi connectivity index (χ4n) is 3.31. The summed E-state index contributed by atoms with van der Waals surface area (Å²) >= 11 is 5.91. The molecule has 8 heteroatoms. The Labute approximate surface area is 186 Å². The molecule has 4 rings (SSSR count). The lowest BCUT2D eigenvalue weighted by molar-refractivity contribution is -0.127. The van der Waals surface area contributed by atoms with Crippen molar-refractivity contribution in [3.63, 3.8) is 0 Å². The molecule has 0 fully saturated rings. The topological polar surface area (TPSA) is 75.7 Å². The maximum Gasteiger partial charge on any atom is 0.264 e. The van der Waals surface area contributed by atoms with E-state index in [1.807, 2.05) is 31.2 Å². The molecule has 31 heavy (non-hydrogen) atoms. The van der Waals surface area contributed by atoms with Gasteiger partial charge in [0.25, 0.3) is 15.9 Å². The molecule has 3 aromatic carbocycles. The van der Waals surface area contributed by atoms with E-state index in [9.17, 15) is 13.2 Å². The largest absolute Gasteiger partial charge is 0.476 e. The third kappa shape index (κ3) is 4.52. The van der Waals surface area contributed by atoms with Crippen LogP contribution in [0, 0.1) is 6.92 Å². The molecule has 0 saturated carbocycles. The Morgan fingerprint density at radius 3 is 2.45 bits per heavy atom. The van der Waals surface area contributed by atoms with E-state index in [0.29, 0.717) is 23.0 Å². The maximum atomic E-state index is 13.3. The Balaban J connectivity index is 1.58. The standard InChI is InChI=1S/C23H21ClN2O4S/c1-16-6-8-17(9-7-16)14-25-23(27)22-15-26(20-4-2-3-5-21(20)30-22)31(28,29)19-12-10-18(24)11-13-19/h2-13,22H,14-15H2,1H3,(H,25,27)/t22-/m0/s1. The van der Waals surface area contributed by atoms with Crippen LogP contribution < -0.4 is 14.4 Å². The quantitative estimate of drug-likeness (QED) is 0.631. The van der Waals surface area contributed by atoms with E-state index in [1.54, 1.807) is 24.3 Å². The van der Waals surface area contributed by atoms with E-state index in [2.05, 4.69) is 5.32 Å². The number of amides is 1. The summed E-state index contributed by atoms with van der Waals surface area (Å²) in [5, 5.41) is 3.27. The molecule has 0 radical (unpaired) electrons. The number of hydrogen-bond donors (Lipinski definition) is 1. The molecule has 1 heterocycles. The van der Waals surface area contributed by atoms with Gasteiger partial charge in [-0.25, -0.2) is 8.42 Å². The maximum absolute atomic E-state index is 13.3. The number of nitrogens with one attached hydrogen (secondary N) is 1. The number of benzene rings is 3. The van der Waals surface area contributed by atoms with Crippen LogP contribution in [0.5, 0.6) is 5.75 Å². The first-order chi connectivity index (χ1) is 14.8. The highest BCUT2D eigenvalue weighted by Gasteiger charge is 2.37. The van der Waals surface area contributed by atoms with Crippen molar-refractivity contribution < 1.29 is 17.9 Å². The van der Waals surface area contributed by atoms with Crippen molar-refractivity contribution in [2.75, 3.05) is 10.8 Å². The van der Waals surface area contributed by atoms with E-state index >= 15 is 0 Å². The van der Waals surface area contributed by atoms with Crippen LogP contribution >= 0.6 is 11.6 Å². The van der Waals surface area contributed by atoms with E-state index in [1.165, 1.54) is 28.6 Å². The molecule has 0 spiro atoms. The molecule has 6 nitrogen and oxygen atoms in total. The number of carbonyl (C=O) groups excluding carboxylic acids is 1. The van der Waals surface area contributed by atoms with Crippen LogP contribution in [0.25, 0.3) is 0 Å². The van der Waals surface area contributed by atoms with Gasteiger partial charge >= 0.3 is 0 Å². The zero-order valence-electron chi connectivity index (χ0n) is 16.8. The van der Waals surface area contributed by atoms with Gasteiger partial charge in [0, 0.05) is 11.6 Å². The minimum Gasteiger partial charge on any atom is -0.476 e. The second kappa shape index (κ2) is 8.61. The molecule has 0 aromatic heterocycles. The normalized spacial score (nSPS) is 15.7. The van der Waals surface area contributed by atoms with Crippen LogP contribution in [-0.2, 0) is 21.4 Å². The van der Waals surface area contributed by atoms with Crippen molar-refractivity contribution >= 4 is 33.2 Å². The zero-order chi connectivity index (χ0) is 22.0. The van der Waals surface area contributed by atoms with Crippen molar-refractivity contribution in [2.24, 2.45) is 0 Å². The number of para-hydroxylation sites is 2. The smallest absolute Gasteiger partial charge is 0.264 e. The van der Waals surface area contributed by atoms with Crippen molar-refractivity contribution in [1.29, 1.82) is 0 Å². The van der Waals surface area contributed by atoms with Gasteiger partial charge in [-0.1, -0.05) is 53.6 Å². The number of fused-ring (bicyclic) bond motifs is 1. The number of aryl methyl sites for hydroxylation is 1. The monoisotopic (exact) mass is 456 g/mol. The molecule has 1 N–H and O–H groups in total. The van der Waals surface area contributed by atoms with Crippen LogP contribution in [0.2, 0.25) is 5.02 Å². The summed E-state index contributed by atoms with van der Waals surface area (Å²) < 4.78 is 33.7. The van der Waals surface area contributed by atoms with E-state index in [4.69, 9.17) is 16.3 Å². The third-order valence-electron chi connectivity index (χ3n) is 5.02. The van der Waals surface area contributed by atoms with Gasteiger partial charge in [0.05, 0.1) is 17.1 Å². The van der Waals surface area contributed by atoms with Gasteiger partial charge in [-0.15, -0.1) is 0 Å². The predicted molar refractivity (Wildman–Crippen MR) is 120 cm³/mol. The number of nitrogens with zero attached hydrogens (tertiary/aromatic N) is 1. The molecule has 1 atom stereocenters. The van der Waals surface area contributed by atoms with E-state index in [0.717, 1.165) is 11.1 Å². The second-order valence-corrected chi connectivity index (χ2v) is 9.57. The van der Waals surface area contributed by atoms with Gasteiger partial charge in [0.1, 0.15) is 5.75 Å². The first-order valence-electron chi connectivity index (χ1n) is 9.72. The van der Waals surface area contributed by atoms with Gasteiger partial charge in [0.2, 0.25) is 0 Å². The van der Waals surface area contributed by atoms with Crippen LogP contribution in [0.15, 0.2) is 77.7 Å². The van der Waals surface area contributed by atoms with Gasteiger partial charge in [-0.05, 0) is 48.9 Å². The highest BCUT2D eigenvalue weighted by atomic mass is 35.5. The van der Waals surface area contributed by atoms with Crippen molar-refractivity contribution in [3.05, 3.63) is 88.9 Å². The predicted octanol–water partition coefficient (Wildman–Crippen LogP) is 3.92. The Bertz CT molecular complexity index is 1200. The fraction of sp³-hybridized carbons (Fsp3) is 0.174. The summed E-state index contributed by atoms with van der Waals surface area (Å²) in [6.45, 7) is 2.18. The minimum absolute atomic E-state index is 0.0902. The van der Waals surface area contributed by atoms with E-state index in [-0.39, 0.29) is 17.3 Å². The number of hydrogen-bond acceptors (Lipinski definition) is 4. The minimum atomic E-state index is -3.92. The molecule has 0 aliphatic carbocycles. The summed E-state index contributed by atoms with van der Waals surface area (Å²) in [6, 6.07) is 20.5. The summed E-state index contributed by atoms with van der Waals surface area (Å²) in [4.78, 5) is 12.9. The van der Waals surface area contributed by atoms with E-state index < -0.39 is 16.1 Å². The molecule has 0 saturated heterocycles. The fourth-order valence-corrected chi connectivity index (χ4v) is 4.91. The molecule has 1 aliphatic heterocycles. The average molecular weight is 457 g/mol. The SMILES string of the molecule is Cc1ccc(CNC(=O)[C@@H]2CN(S(=O)(=O)c3ccc(Cl)cc3)c3ccccc3O2)cc1. The number of rotatable bonds is 5. The lowest BCUT2D eigenvalue weighted by Gasteiger charge is -2.34. The van der Waals surface area contributed by atoms with Gasteiger partial charge in [-0.2, -0.15) is 0 Å². The number of anilines is 1. The Kier molecular flexibility index (Phi) is 5.89. The number of ether oxygens (including phenoxy) is 1. The molecular formula is C23H21ClN2O4S. The summed E-state index contributed by atoms with van der Waals surface area (Å²) in [5.74, 6) is -0.0480. The molecule has 0 unspecified atom stereocenters.